The van der Waals surface area contributed by atoms with Crippen molar-refractivity contribution in [3.05, 3.63) is 90.4 Å². The summed E-state index contributed by atoms with van der Waals surface area (Å²) in [4.78, 5) is 17.7. The van der Waals surface area contributed by atoms with Crippen LogP contribution in [0.2, 0.25) is 0 Å². The van der Waals surface area contributed by atoms with Gasteiger partial charge in [-0.2, -0.15) is 0 Å². The molecule has 1 fully saturated rings. The number of benzene rings is 2. The van der Waals surface area contributed by atoms with Crippen LogP contribution in [0.4, 0.5) is 5.69 Å². The number of carbonyl (C=O) groups excluding carboxylic acids is 1. The van der Waals surface area contributed by atoms with E-state index in [0.29, 0.717) is 6.42 Å². The Hall–Kier alpha value is -2.56. The number of piperidine rings is 1. The molecule has 0 aliphatic carbocycles. The molecule has 0 saturated carbocycles. The Kier molecular flexibility index (Phi) is 8.12. The molecule has 1 amide bonds. The van der Waals surface area contributed by atoms with Gasteiger partial charge in [0.15, 0.2) is 0 Å². The third-order valence-electron chi connectivity index (χ3n) is 5.69. The van der Waals surface area contributed by atoms with Crippen molar-refractivity contribution in [1.29, 1.82) is 0 Å². The number of likely N-dealkylation sites (tertiary alicyclic amines) is 1. The maximum Gasteiger partial charge on any atom is 0.234 e. The van der Waals surface area contributed by atoms with Crippen molar-refractivity contribution in [2.45, 2.75) is 31.7 Å². The van der Waals surface area contributed by atoms with Gasteiger partial charge in [0.2, 0.25) is 5.91 Å². The lowest BCUT2D eigenvalue weighted by Crippen LogP contribution is -2.48. The Morgan fingerprint density at radius 3 is 2.23 bits per heavy atom. The molecule has 158 valence electrons. The number of carbonyl (C=O) groups is 1. The zero-order valence-corrected chi connectivity index (χ0v) is 18.0. The first-order valence-electron chi connectivity index (χ1n) is 10.5. The third-order valence-corrected chi connectivity index (χ3v) is 5.69. The van der Waals surface area contributed by atoms with E-state index in [9.17, 15) is 4.79 Å². The number of anilines is 1. The quantitative estimate of drug-likeness (QED) is 0.536. The molecule has 1 saturated heterocycles. The molecule has 1 aliphatic rings. The van der Waals surface area contributed by atoms with E-state index in [0.717, 1.165) is 50.3 Å². The van der Waals surface area contributed by atoms with E-state index in [1.165, 1.54) is 5.56 Å². The van der Waals surface area contributed by atoms with Crippen LogP contribution < -0.4 is 4.90 Å². The van der Waals surface area contributed by atoms with Crippen molar-refractivity contribution >= 4 is 24.0 Å². The molecular formula is C25H29ClN2O2. The van der Waals surface area contributed by atoms with Gasteiger partial charge in [0.25, 0.3) is 0 Å². The highest BCUT2D eigenvalue weighted by atomic mass is 35.5. The predicted molar refractivity (Wildman–Crippen MR) is 123 cm³/mol. The van der Waals surface area contributed by atoms with Crippen molar-refractivity contribution in [1.82, 2.24) is 4.90 Å². The number of amides is 1. The van der Waals surface area contributed by atoms with Crippen LogP contribution in [-0.2, 0) is 17.6 Å². The molecule has 0 radical (unpaired) electrons. The summed E-state index contributed by atoms with van der Waals surface area (Å²) < 4.78 is 5.41. The predicted octanol–water partition coefficient (Wildman–Crippen LogP) is 4.98. The van der Waals surface area contributed by atoms with Gasteiger partial charge in [0.05, 0.1) is 12.7 Å². The minimum absolute atomic E-state index is 0. The van der Waals surface area contributed by atoms with E-state index >= 15 is 0 Å². The van der Waals surface area contributed by atoms with Gasteiger partial charge in [0, 0.05) is 31.4 Å². The molecule has 1 aromatic heterocycles. The van der Waals surface area contributed by atoms with Crippen molar-refractivity contribution in [2.24, 2.45) is 0 Å². The molecular weight excluding hydrogens is 396 g/mol. The smallest absolute Gasteiger partial charge is 0.234 e. The summed E-state index contributed by atoms with van der Waals surface area (Å²) >= 11 is 0. The summed E-state index contributed by atoms with van der Waals surface area (Å²) in [5, 5.41) is 0. The van der Waals surface area contributed by atoms with Gasteiger partial charge in [-0.3, -0.25) is 4.79 Å². The standard InChI is InChI=1S/C25H28N2O2.ClH/c28-25(20-24-12-7-19-29-24)27(22-10-5-2-6-11-22)23-14-17-26(18-15-23)16-13-21-8-3-1-4-9-21;/h1-12,19,23H,13-18,20H2;1H. The summed E-state index contributed by atoms with van der Waals surface area (Å²) in [6.45, 7) is 3.12. The van der Waals surface area contributed by atoms with Gasteiger partial charge < -0.3 is 14.2 Å². The van der Waals surface area contributed by atoms with Gasteiger partial charge in [0.1, 0.15) is 5.76 Å². The van der Waals surface area contributed by atoms with E-state index in [1.807, 2.05) is 47.4 Å². The number of rotatable bonds is 7. The number of para-hydroxylation sites is 1. The SMILES string of the molecule is Cl.O=C(Cc1ccco1)N(c1ccccc1)C1CCN(CCc2ccccc2)CC1. The van der Waals surface area contributed by atoms with Gasteiger partial charge >= 0.3 is 0 Å². The van der Waals surface area contributed by atoms with Crippen molar-refractivity contribution in [3.8, 4) is 0 Å². The van der Waals surface area contributed by atoms with Crippen molar-refractivity contribution in [3.63, 3.8) is 0 Å². The summed E-state index contributed by atoms with van der Waals surface area (Å²) in [7, 11) is 0. The molecule has 1 aliphatic heterocycles. The molecule has 2 aromatic carbocycles. The Bertz CT molecular complexity index is 876. The average molecular weight is 425 g/mol. The van der Waals surface area contributed by atoms with Crippen LogP contribution >= 0.6 is 12.4 Å². The van der Waals surface area contributed by atoms with E-state index in [2.05, 4.69) is 35.2 Å². The topological polar surface area (TPSA) is 36.7 Å². The van der Waals surface area contributed by atoms with Crippen molar-refractivity contribution < 1.29 is 9.21 Å². The van der Waals surface area contributed by atoms with E-state index < -0.39 is 0 Å². The first kappa shape index (κ1) is 22.1. The summed E-state index contributed by atoms with van der Waals surface area (Å²) in [6, 6.07) is 24.6. The van der Waals surface area contributed by atoms with Crippen LogP contribution in [0.15, 0.2) is 83.5 Å². The third kappa shape index (κ3) is 5.74. The van der Waals surface area contributed by atoms with E-state index in [-0.39, 0.29) is 24.4 Å². The zero-order chi connectivity index (χ0) is 19.9. The first-order chi connectivity index (χ1) is 14.3. The number of furan rings is 1. The number of halogens is 1. The van der Waals surface area contributed by atoms with Crippen LogP contribution in [0.1, 0.15) is 24.2 Å². The highest BCUT2D eigenvalue weighted by Crippen LogP contribution is 2.25. The molecule has 0 spiro atoms. The molecule has 0 N–H and O–H groups in total. The lowest BCUT2D eigenvalue weighted by molar-refractivity contribution is -0.118. The van der Waals surface area contributed by atoms with Gasteiger partial charge in [-0.25, -0.2) is 0 Å². The van der Waals surface area contributed by atoms with Crippen LogP contribution in [0.5, 0.6) is 0 Å². The molecule has 2 heterocycles. The molecule has 4 rings (SSSR count). The van der Waals surface area contributed by atoms with E-state index in [1.54, 1.807) is 6.26 Å². The maximum atomic E-state index is 13.2. The number of nitrogens with zero attached hydrogens (tertiary/aromatic N) is 2. The molecule has 5 heteroatoms. The highest BCUT2D eigenvalue weighted by molar-refractivity contribution is 5.95. The Morgan fingerprint density at radius 1 is 0.933 bits per heavy atom. The zero-order valence-electron chi connectivity index (χ0n) is 17.2. The maximum absolute atomic E-state index is 13.2. The summed E-state index contributed by atoms with van der Waals surface area (Å²) in [6.07, 6.45) is 4.99. The normalized spacial score (nSPS) is 14.8. The first-order valence-corrected chi connectivity index (χ1v) is 10.5. The fraction of sp³-hybridized carbons (Fsp3) is 0.320. The summed E-state index contributed by atoms with van der Waals surface area (Å²) in [5.74, 6) is 0.824. The number of hydrogen-bond donors (Lipinski definition) is 0. The summed E-state index contributed by atoms with van der Waals surface area (Å²) in [5.41, 5.74) is 2.36. The molecule has 3 aromatic rings. The van der Waals surface area contributed by atoms with Gasteiger partial charge in [-0.15, -0.1) is 12.4 Å². The molecule has 4 nitrogen and oxygen atoms in total. The van der Waals surface area contributed by atoms with Gasteiger partial charge in [-0.05, 0) is 49.1 Å². The minimum Gasteiger partial charge on any atom is -0.469 e. The molecule has 0 bridgehead atoms. The Balaban J connectivity index is 0.00000256. The Labute approximate surface area is 184 Å². The van der Waals surface area contributed by atoms with E-state index in [4.69, 9.17) is 4.42 Å². The highest BCUT2D eigenvalue weighted by Gasteiger charge is 2.29. The number of hydrogen-bond acceptors (Lipinski definition) is 3. The second-order valence-corrected chi connectivity index (χ2v) is 7.66. The van der Waals surface area contributed by atoms with Crippen LogP contribution in [0, 0.1) is 0 Å². The lowest BCUT2D eigenvalue weighted by Gasteiger charge is -2.38. The Morgan fingerprint density at radius 2 is 1.60 bits per heavy atom. The van der Waals surface area contributed by atoms with Gasteiger partial charge in [-0.1, -0.05) is 48.5 Å². The molecule has 0 unspecified atom stereocenters. The second-order valence-electron chi connectivity index (χ2n) is 7.66. The van der Waals surface area contributed by atoms with Crippen LogP contribution in [0.25, 0.3) is 0 Å². The van der Waals surface area contributed by atoms with Crippen LogP contribution in [-0.4, -0.2) is 36.5 Å². The average Bonchev–Trinajstić information content (AvgIpc) is 3.28. The minimum atomic E-state index is 0. The fourth-order valence-electron chi connectivity index (χ4n) is 4.13. The molecule has 0 atom stereocenters. The van der Waals surface area contributed by atoms with Crippen LogP contribution in [0.3, 0.4) is 0 Å². The second kappa shape index (κ2) is 11.0. The lowest BCUT2D eigenvalue weighted by atomic mass is 10.0. The monoisotopic (exact) mass is 424 g/mol. The molecule has 30 heavy (non-hydrogen) atoms. The fourth-order valence-corrected chi connectivity index (χ4v) is 4.13. The largest absolute Gasteiger partial charge is 0.469 e. The van der Waals surface area contributed by atoms with Crippen molar-refractivity contribution in [2.75, 3.05) is 24.5 Å².